The number of aromatic nitrogens is 1. The summed E-state index contributed by atoms with van der Waals surface area (Å²) in [5.41, 5.74) is 1.42. The van der Waals surface area contributed by atoms with E-state index in [-0.39, 0.29) is 17.1 Å². The third-order valence-corrected chi connectivity index (χ3v) is 3.41. The van der Waals surface area contributed by atoms with Gasteiger partial charge in [-0.2, -0.15) is 0 Å². The summed E-state index contributed by atoms with van der Waals surface area (Å²) in [5.74, 6) is -0.357. The predicted molar refractivity (Wildman–Crippen MR) is 83.8 cm³/mol. The van der Waals surface area contributed by atoms with Crippen LogP contribution in [0, 0.1) is 11.8 Å². The van der Waals surface area contributed by atoms with Gasteiger partial charge in [0.1, 0.15) is 5.69 Å². The van der Waals surface area contributed by atoms with Crippen LogP contribution < -0.4 is 10.1 Å². The number of hydrogen-bond acceptors (Lipinski definition) is 5. The average Bonchev–Trinajstić information content (AvgIpc) is 2.53. The van der Waals surface area contributed by atoms with Crippen LogP contribution >= 0.6 is 0 Å². The van der Waals surface area contributed by atoms with E-state index >= 15 is 0 Å². The molecule has 0 amide bonds. The number of pyridine rings is 1. The Kier molecular flexibility index (Phi) is 3.38. The Balaban J connectivity index is 2.03. The molecule has 0 spiro atoms. The molecule has 0 radical (unpaired) electrons. The molecule has 2 N–H and O–H groups in total. The molecule has 7 heteroatoms. The van der Waals surface area contributed by atoms with Gasteiger partial charge in [-0.3, -0.25) is 4.99 Å². The molecule has 0 fully saturated rings. The predicted octanol–water partition coefficient (Wildman–Crippen LogP) is 2.82. The topological polar surface area (TPSA) is 94.7 Å². The van der Waals surface area contributed by atoms with E-state index < -0.39 is 5.97 Å². The molecule has 22 heavy (non-hydrogen) atoms. The number of benzene rings is 1. The van der Waals surface area contributed by atoms with Crippen LogP contribution in [0.15, 0.2) is 35.3 Å². The molecule has 0 aliphatic carbocycles. The molecule has 7 nitrogen and oxygen atoms in total. The lowest BCUT2D eigenvalue weighted by molar-refractivity contribution is 0.0696. The molecule has 0 atom stereocenters. The first kappa shape index (κ1) is 13.9. The quantitative estimate of drug-likeness (QED) is 0.849. The highest BCUT2D eigenvalue weighted by molar-refractivity contribution is 5.91. The van der Waals surface area contributed by atoms with Gasteiger partial charge in [-0.25, -0.2) is 4.79 Å². The number of fused-ring (bicyclic) bond motifs is 1. The number of aliphatic imine (C=N–C) groups is 1. The van der Waals surface area contributed by atoms with Crippen LogP contribution in [-0.4, -0.2) is 28.8 Å². The SMILES string of the molecule is Cc1c(C(=O)O)cccc1[N+](=O)c1ccc2c(n1)NCC=N2. The molecule has 1 aliphatic heterocycles. The second-order valence-corrected chi connectivity index (χ2v) is 4.78. The fourth-order valence-electron chi connectivity index (χ4n) is 2.27. The highest BCUT2D eigenvalue weighted by atomic mass is 16.4. The van der Waals surface area contributed by atoms with Crippen LogP contribution in [0.25, 0.3) is 0 Å². The van der Waals surface area contributed by atoms with E-state index in [2.05, 4.69) is 15.3 Å². The van der Waals surface area contributed by atoms with Gasteiger partial charge in [0.15, 0.2) is 5.69 Å². The van der Waals surface area contributed by atoms with E-state index in [1.165, 1.54) is 12.1 Å². The van der Waals surface area contributed by atoms with Gasteiger partial charge < -0.3 is 10.4 Å². The summed E-state index contributed by atoms with van der Waals surface area (Å²) in [6, 6.07) is 7.83. The zero-order valence-corrected chi connectivity index (χ0v) is 11.8. The van der Waals surface area contributed by atoms with Crippen LogP contribution in [0.3, 0.4) is 0 Å². The third kappa shape index (κ3) is 2.32. The minimum absolute atomic E-state index is 0.0963. The highest BCUT2D eigenvalue weighted by Gasteiger charge is 2.24. The molecule has 0 saturated heterocycles. The fourth-order valence-corrected chi connectivity index (χ4v) is 2.27. The number of carboxylic acids is 1. The normalized spacial score (nSPS) is 12.4. The maximum atomic E-state index is 12.5. The van der Waals surface area contributed by atoms with Gasteiger partial charge in [-0.15, -0.1) is 0 Å². The second kappa shape index (κ2) is 5.36. The number of aromatic carboxylic acids is 1. The molecule has 0 bridgehead atoms. The molecular formula is C15H13N4O3+. The Morgan fingerprint density at radius 2 is 2.14 bits per heavy atom. The molecule has 3 rings (SSSR count). The zero-order chi connectivity index (χ0) is 15.7. The van der Waals surface area contributed by atoms with E-state index in [1.807, 2.05) is 0 Å². The Labute approximate surface area is 125 Å². The summed E-state index contributed by atoms with van der Waals surface area (Å²) in [6.45, 7) is 2.15. The maximum Gasteiger partial charge on any atom is 0.369 e. The van der Waals surface area contributed by atoms with Gasteiger partial charge in [0.25, 0.3) is 5.82 Å². The van der Waals surface area contributed by atoms with Crippen molar-refractivity contribution < 1.29 is 9.90 Å². The Bertz CT molecular complexity index is 814. The summed E-state index contributed by atoms with van der Waals surface area (Å²) < 4.78 is 0.627. The van der Waals surface area contributed by atoms with Crippen molar-refractivity contribution >= 4 is 35.2 Å². The second-order valence-electron chi connectivity index (χ2n) is 4.78. The van der Waals surface area contributed by atoms with E-state index in [0.717, 1.165) is 0 Å². The van der Waals surface area contributed by atoms with Crippen molar-refractivity contribution in [3.05, 3.63) is 46.4 Å². The highest BCUT2D eigenvalue weighted by Crippen LogP contribution is 2.30. The van der Waals surface area contributed by atoms with Crippen LogP contribution in [-0.2, 0) is 0 Å². The Morgan fingerprint density at radius 1 is 1.32 bits per heavy atom. The number of carbonyl (C=O) groups is 1. The number of anilines is 1. The molecule has 1 aromatic heterocycles. The molecule has 1 aliphatic rings. The first-order valence-electron chi connectivity index (χ1n) is 6.65. The molecule has 0 saturated carbocycles. The maximum absolute atomic E-state index is 12.5. The van der Waals surface area contributed by atoms with Gasteiger partial charge in [0, 0.05) is 22.6 Å². The smallest absolute Gasteiger partial charge is 0.369 e. The zero-order valence-electron chi connectivity index (χ0n) is 11.8. The van der Waals surface area contributed by atoms with E-state index in [0.29, 0.717) is 28.4 Å². The first-order valence-corrected chi connectivity index (χ1v) is 6.65. The summed E-state index contributed by atoms with van der Waals surface area (Å²) in [4.78, 5) is 32.1. The minimum Gasteiger partial charge on any atom is -0.478 e. The van der Waals surface area contributed by atoms with Crippen molar-refractivity contribution in [1.82, 2.24) is 9.74 Å². The van der Waals surface area contributed by atoms with Gasteiger partial charge in [-0.05, 0) is 30.1 Å². The van der Waals surface area contributed by atoms with Gasteiger partial charge >= 0.3 is 11.8 Å². The Morgan fingerprint density at radius 3 is 2.91 bits per heavy atom. The van der Waals surface area contributed by atoms with E-state index in [4.69, 9.17) is 5.11 Å². The van der Waals surface area contributed by atoms with Crippen LogP contribution in [0.1, 0.15) is 15.9 Å². The fraction of sp³-hybridized carbons (Fsp3) is 0.133. The molecule has 2 aromatic rings. The summed E-state index contributed by atoms with van der Waals surface area (Å²) >= 11 is 0. The van der Waals surface area contributed by atoms with E-state index in [9.17, 15) is 9.70 Å². The van der Waals surface area contributed by atoms with Crippen LogP contribution in [0.5, 0.6) is 0 Å². The first-order chi connectivity index (χ1) is 10.6. The number of nitrogens with zero attached hydrogens (tertiary/aromatic N) is 3. The van der Waals surface area contributed by atoms with Crippen molar-refractivity contribution in [3.63, 3.8) is 0 Å². The average molecular weight is 297 g/mol. The van der Waals surface area contributed by atoms with Crippen molar-refractivity contribution in [2.75, 3.05) is 11.9 Å². The molecule has 1 aromatic carbocycles. The standard InChI is InChI=1S/C15H12N4O3/c1-9-10(15(20)21)3-2-4-12(9)19(22)13-6-5-11-14(18-13)17-8-7-16-11/h2-7H,8H2,1H3,(H-,17,18,20,21)/p+1. The lowest BCUT2D eigenvalue weighted by Crippen LogP contribution is -2.11. The summed E-state index contributed by atoms with van der Waals surface area (Å²) in [7, 11) is 0. The third-order valence-electron chi connectivity index (χ3n) is 3.41. The number of rotatable bonds is 3. The van der Waals surface area contributed by atoms with Gasteiger partial charge in [0.2, 0.25) is 0 Å². The lowest BCUT2D eigenvalue weighted by atomic mass is 10.1. The molecule has 0 unspecified atom stereocenters. The monoisotopic (exact) mass is 297 g/mol. The van der Waals surface area contributed by atoms with Gasteiger partial charge in [0.05, 0.1) is 12.1 Å². The van der Waals surface area contributed by atoms with E-state index in [1.54, 1.807) is 31.3 Å². The largest absolute Gasteiger partial charge is 0.478 e. The van der Waals surface area contributed by atoms with Crippen molar-refractivity contribution in [2.24, 2.45) is 4.99 Å². The Hall–Kier alpha value is -3.09. The number of nitroso groups, excluding NO2 is 1. The van der Waals surface area contributed by atoms with Crippen molar-refractivity contribution in [1.29, 1.82) is 0 Å². The summed E-state index contributed by atoms with van der Waals surface area (Å²) in [6.07, 6.45) is 1.72. The lowest BCUT2D eigenvalue weighted by Gasteiger charge is -2.07. The molecule has 110 valence electrons. The van der Waals surface area contributed by atoms with Crippen LogP contribution in [0.4, 0.5) is 23.0 Å². The summed E-state index contributed by atoms with van der Waals surface area (Å²) in [5, 5.41) is 12.2. The van der Waals surface area contributed by atoms with Crippen molar-refractivity contribution in [3.8, 4) is 0 Å². The number of hydrogen-bond donors (Lipinski definition) is 2. The number of nitrogens with one attached hydrogen (secondary N) is 1. The van der Waals surface area contributed by atoms with Crippen molar-refractivity contribution in [2.45, 2.75) is 6.92 Å². The molecular weight excluding hydrogens is 284 g/mol. The minimum atomic E-state index is -1.07. The number of carboxylic acid groups (broad SMARTS) is 1. The van der Waals surface area contributed by atoms with Gasteiger partial charge in [-0.1, -0.05) is 11.0 Å². The molecule has 2 heterocycles. The van der Waals surface area contributed by atoms with Crippen LogP contribution in [0.2, 0.25) is 0 Å².